The van der Waals surface area contributed by atoms with Crippen molar-refractivity contribution in [2.24, 2.45) is 0 Å². The Morgan fingerprint density at radius 1 is 1.00 bits per heavy atom. The Kier molecular flexibility index (Phi) is 4.72. The third kappa shape index (κ3) is 3.45. The Balaban J connectivity index is 1.52. The maximum absolute atomic E-state index is 13.3. The number of ketones is 1. The first-order valence-electron chi connectivity index (χ1n) is 9.60. The SMILES string of the molecule is COc1ccc2nc(NC(=O)C(=O)c3c(-c4ccccc4)cc4ccccn34)sc2c1. The van der Waals surface area contributed by atoms with Gasteiger partial charge in [-0.25, -0.2) is 4.98 Å². The van der Waals surface area contributed by atoms with Crippen molar-refractivity contribution in [1.29, 1.82) is 0 Å². The quantitative estimate of drug-likeness (QED) is 0.315. The van der Waals surface area contributed by atoms with Crippen LogP contribution in [0.2, 0.25) is 0 Å². The molecule has 0 fully saturated rings. The summed E-state index contributed by atoms with van der Waals surface area (Å²) in [7, 11) is 1.59. The standard InChI is InChI=1S/C24H17N3O3S/c1-30-17-10-11-19-20(14-17)31-24(25-19)26-23(29)22(28)21-18(15-7-3-2-4-8-15)13-16-9-5-6-12-27(16)21/h2-14H,1H3,(H,25,26,29). The highest BCUT2D eigenvalue weighted by atomic mass is 32.1. The van der Waals surface area contributed by atoms with E-state index in [1.54, 1.807) is 23.8 Å². The molecule has 6 nitrogen and oxygen atoms in total. The topological polar surface area (TPSA) is 72.7 Å². The van der Waals surface area contributed by atoms with Gasteiger partial charge in [-0.3, -0.25) is 14.9 Å². The van der Waals surface area contributed by atoms with Gasteiger partial charge in [0.15, 0.2) is 5.13 Å². The molecule has 5 aromatic rings. The monoisotopic (exact) mass is 427 g/mol. The first-order valence-corrected chi connectivity index (χ1v) is 10.4. The number of thiazole rings is 1. The number of rotatable bonds is 5. The van der Waals surface area contributed by atoms with Crippen molar-refractivity contribution in [3.8, 4) is 16.9 Å². The lowest BCUT2D eigenvalue weighted by Gasteiger charge is -2.06. The van der Waals surface area contributed by atoms with Crippen LogP contribution in [0.5, 0.6) is 5.75 Å². The zero-order valence-corrected chi connectivity index (χ0v) is 17.3. The van der Waals surface area contributed by atoms with E-state index in [4.69, 9.17) is 4.74 Å². The summed E-state index contributed by atoms with van der Waals surface area (Å²) in [6, 6.07) is 22.6. The average Bonchev–Trinajstić information content (AvgIpc) is 3.39. The number of methoxy groups -OCH3 is 1. The van der Waals surface area contributed by atoms with Crippen molar-refractivity contribution in [3.63, 3.8) is 0 Å². The molecule has 0 spiro atoms. The van der Waals surface area contributed by atoms with E-state index in [1.807, 2.05) is 66.7 Å². The molecule has 0 atom stereocenters. The third-order valence-corrected chi connectivity index (χ3v) is 5.94. The highest BCUT2D eigenvalue weighted by molar-refractivity contribution is 7.22. The van der Waals surface area contributed by atoms with Gasteiger partial charge in [0.2, 0.25) is 0 Å². The number of amides is 1. The Morgan fingerprint density at radius 3 is 2.61 bits per heavy atom. The molecule has 31 heavy (non-hydrogen) atoms. The highest BCUT2D eigenvalue weighted by Gasteiger charge is 2.25. The van der Waals surface area contributed by atoms with Gasteiger partial charge in [0.25, 0.3) is 11.7 Å². The van der Waals surface area contributed by atoms with Crippen molar-refractivity contribution < 1.29 is 14.3 Å². The summed E-state index contributed by atoms with van der Waals surface area (Å²) in [5.41, 5.74) is 3.47. The molecule has 0 unspecified atom stereocenters. The van der Waals surface area contributed by atoms with Gasteiger partial charge in [-0.15, -0.1) is 0 Å². The maximum atomic E-state index is 13.3. The summed E-state index contributed by atoms with van der Waals surface area (Å²) < 4.78 is 7.84. The van der Waals surface area contributed by atoms with Crippen LogP contribution in [-0.4, -0.2) is 28.2 Å². The number of ether oxygens (including phenoxy) is 1. The van der Waals surface area contributed by atoms with E-state index in [-0.39, 0.29) is 0 Å². The average molecular weight is 427 g/mol. The van der Waals surface area contributed by atoms with E-state index in [1.165, 1.54) is 11.3 Å². The minimum Gasteiger partial charge on any atom is -0.497 e. The van der Waals surface area contributed by atoms with E-state index in [9.17, 15) is 9.59 Å². The molecule has 3 heterocycles. The fourth-order valence-corrected chi connectivity index (χ4v) is 4.43. The van der Waals surface area contributed by atoms with Crippen molar-refractivity contribution >= 4 is 43.9 Å². The molecule has 0 saturated carbocycles. The molecule has 0 radical (unpaired) electrons. The van der Waals surface area contributed by atoms with Crippen LogP contribution in [0.15, 0.2) is 79.0 Å². The number of nitrogens with zero attached hydrogens (tertiary/aromatic N) is 2. The lowest BCUT2D eigenvalue weighted by molar-refractivity contribution is -0.112. The largest absolute Gasteiger partial charge is 0.497 e. The van der Waals surface area contributed by atoms with E-state index < -0.39 is 11.7 Å². The van der Waals surface area contributed by atoms with Crippen LogP contribution in [0.1, 0.15) is 10.5 Å². The second-order valence-electron chi connectivity index (χ2n) is 6.90. The summed E-state index contributed by atoms with van der Waals surface area (Å²) in [5, 5.41) is 3.03. The number of benzene rings is 2. The number of anilines is 1. The molecule has 1 amide bonds. The van der Waals surface area contributed by atoms with Crippen LogP contribution in [-0.2, 0) is 4.79 Å². The zero-order chi connectivity index (χ0) is 21.4. The van der Waals surface area contributed by atoms with E-state index in [2.05, 4.69) is 10.3 Å². The normalized spacial score (nSPS) is 11.0. The molecule has 0 saturated heterocycles. The Hall–Kier alpha value is -3.97. The molecule has 2 aromatic carbocycles. The second kappa shape index (κ2) is 7.70. The fraction of sp³-hybridized carbons (Fsp3) is 0.0417. The summed E-state index contributed by atoms with van der Waals surface area (Å²) in [6.07, 6.45) is 1.78. The third-order valence-electron chi connectivity index (χ3n) is 5.00. The number of fused-ring (bicyclic) bond motifs is 2. The van der Waals surface area contributed by atoms with Gasteiger partial charge in [0, 0.05) is 17.3 Å². The molecule has 7 heteroatoms. The van der Waals surface area contributed by atoms with Crippen LogP contribution >= 0.6 is 11.3 Å². The Labute approximate surface area is 181 Å². The van der Waals surface area contributed by atoms with E-state index in [0.29, 0.717) is 22.1 Å². The molecular weight excluding hydrogens is 410 g/mol. The fourth-order valence-electron chi connectivity index (χ4n) is 3.54. The Morgan fingerprint density at radius 2 is 1.81 bits per heavy atom. The highest BCUT2D eigenvalue weighted by Crippen LogP contribution is 2.31. The second-order valence-corrected chi connectivity index (χ2v) is 7.93. The molecule has 1 N–H and O–H groups in total. The summed E-state index contributed by atoms with van der Waals surface area (Å²) in [4.78, 5) is 30.6. The zero-order valence-electron chi connectivity index (χ0n) is 16.5. The Bertz CT molecular complexity index is 1440. The lowest BCUT2D eigenvalue weighted by Crippen LogP contribution is -2.24. The van der Waals surface area contributed by atoms with Crippen LogP contribution < -0.4 is 10.1 Å². The van der Waals surface area contributed by atoms with Crippen molar-refractivity contribution in [3.05, 3.63) is 84.7 Å². The summed E-state index contributed by atoms with van der Waals surface area (Å²) >= 11 is 1.29. The molecule has 5 rings (SSSR count). The number of hydrogen-bond donors (Lipinski definition) is 1. The summed E-state index contributed by atoms with van der Waals surface area (Å²) in [6.45, 7) is 0. The predicted molar refractivity (Wildman–Crippen MR) is 122 cm³/mol. The van der Waals surface area contributed by atoms with Crippen LogP contribution in [0, 0.1) is 0 Å². The van der Waals surface area contributed by atoms with Gasteiger partial charge < -0.3 is 9.14 Å². The summed E-state index contributed by atoms with van der Waals surface area (Å²) in [5.74, 6) is -0.647. The molecule has 3 aromatic heterocycles. The van der Waals surface area contributed by atoms with Gasteiger partial charge in [-0.05, 0) is 42.0 Å². The minimum atomic E-state index is -0.730. The minimum absolute atomic E-state index is 0.321. The molecule has 0 aliphatic carbocycles. The molecule has 152 valence electrons. The van der Waals surface area contributed by atoms with Gasteiger partial charge in [0.1, 0.15) is 11.4 Å². The lowest BCUT2D eigenvalue weighted by atomic mass is 10.0. The first kappa shape index (κ1) is 19.0. The van der Waals surface area contributed by atoms with Gasteiger partial charge >= 0.3 is 0 Å². The van der Waals surface area contributed by atoms with E-state index >= 15 is 0 Å². The van der Waals surface area contributed by atoms with Crippen molar-refractivity contribution in [1.82, 2.24) is 9.38 Å². The van der Waals surface area contributed by atoms with Crippen molar-refractivity contribution in [2.45, 2.75) is 0 Å². The number of carbonyl (C=O) groups excluding carboxylic acids is 2. The van der Waals surface area contributed by atoms with Gasteiger partial charge in [0.05, 0.1) is 17.3 Å². The molecule has 0 aliphatic rings. The number of pyridine rings is 1. The number of carbonyl (C=O) groups is 2. The molecule has 0 aliphatic heterocycles. The molecular formula is C24H17N3O3S. The number of nitrogens with one attached hydrogen (secondary N) is 1. The van der Waals surface area contributed by atoms with E-state index in [0.717, 1.165) is 21.3 Å². The number of aromatic nitrogens is 2. The predicted octanol–water partition coefficient (Wildman–Crippen LogP) is 5.05. The number of hydrogen-bond acceptors (Lipinski definition) is 5. The maximum Gasteiger partial charge on any atom is 0.300 e. The van der Waals surface area contributed by atoms with Crippen LogP contribution in [0.3, 0.4) is 0 Å². The van der Waals surface area contributed by atoms with Gasteiger partial charge in [-0.1, -0.05) is 47.7 Å². The van der Waals surface area contributed by atoms with Crippen molar-refractivity contribution in [2.75, 3.05) is 12.4 Å². The smallest absolute Gasteiger partial charge is 0.300 e. The first-order chi connectivity index (χ1) is 15.1. The van der Waals surface area contributed by atoms with Gasteiger partial charge in [-0.2, -0.15) is 0 Å². The van der Waals surface area contributed by atoms with Crippen LogP contribution in [0.25, 0.3) is 26.9 Å². The van der Waals surface area contributed by atoms with Crippen LogP contribution in [0.4, 0.5) is 5.13 Å². The molecule has 0 bridgehead atoms. The number of Topliss-reactive ketones (excluding diaryl/α,β-unsaturated/α-hetero) is 1.